The van der Waals surface area contributed by atoms with Crippen LogP contribution in [0.2, 0.25) is 0 Å². The molecule has 0 fully saturated rings. The number of nitro groups is 1. The van der Waals surface area contributed by atoms with Crippen molar-refractivity contribution < 1.29 is 19.2 Å². The fourth-order valence-electron chi connectivity index (χ4n) is 3.51. The fourth-order valence-corrected chi connectivity index (χ4v) is 4.54. The predicted octanol–water partition coefficient (Wildman–Crippen LogP) is 5.76. The van der Waals surface area contributed by atoms with E-state index in [0.29, 0.717) is 16.9 Å². The average molecular weight is 426 g/mol. The van der Waals surface area contributed by atoms with Crippen molar-refractivity contribution in [2.45, 2.75) is 45.4 Å². The van der Waals surface area contributed by atoms with Gasteiger partial charge < -0.3 is 4.74 Å². The molecule has 1 aliphatic rings. The van der Waals surface area contributed by atoms with Crippen molar-refractivity contribution in [3.05, 3.63) is 79.9 Å². The molecule has 0 radical (unpaired) electrons. The number of thioether (sulfide) groups is 1. The average Bonchev–Trinajstić information content (AvgIpc) is 2.63. The minimum atomic E-state index is -0.539. The summed E-state index contributed by atoms with van der Waals surface area (Å²) in [6, 6.07) is 11.7. The van der Waals surface area contributed by atoms with Gasteiger partial charge in [0, 0.05) is 18.9 Å². The molecule has 0 N–H and O–H groups in total. The molecule has 156 valence electrons. The molecule has 0 heterocycles. The third kappa shape index (κ3) is 4.97. The first-order chi connectivity index (χ1) is 14.1. The molecule has 0 saturated carbocycles. The highest BCUT2D eigenvalue weighted by Crippen LogP contribution is 2.45. The van der Waals surface area contributed by atoms with Crippen LogP contribution in [-0.4, -0.2) is 16.7 Å². The Bertz CT molecular complexity index is 1050. The molecule has 7 heteroatoms. The lowest BCUT2D eigenvalue weighted by Gasteiger charge is -2.31. The van der Waals surface area contributed by atoms with Crippen molar-refractivity contribution in [2.24, 2.45) is 5.41 Å². The largest absolute Gasteiger partial charge is 0.426 e. The molecule has 3 rings (SSSR count). The van der Waals surface area contributed by atoms with Gasteiger partial charge in [0.05, 0.1) is 20.3 Å². The number of aryl methyl sites for hydroxylation is 2. The van der Waals surface area contributed by atoms with Gasteiger partial charge in [0.15, 0.2) is 5.78 Å². The number of esters is 1. The van der Waals surface area contributed by atoms with Crippen LogP contribution in [-0.2, 0) is 9.53 Å². The van der Waals surface area contributed by atoms with Gasteiger partial charge in [-0.15, -0.1) is 0 Å². The summed E-state index contributed by atoms with van der Waals surface area (Å²) >= 11 is 0.991. The van der Waals surface area contributed by atoms with Gasteiger partial charge in [-0.1, -0.05) is 54.9 Å². The molecule has 0 saturated heterocycles. The van der Waals surface area contributed by atoms with Crippen LogP contribution in [0, 0.1) is 29.4 Å². The second-order valence-electron chi connectivity index (χ2n) is 8.29. The number of rotatable bonds is 5. The van der Waals surface area contributed by atoms with Crippen LogP contribution >= 0.6 is 11.8 Å². The summed E-state index contributed by atoms with van der Waals surface area (Å²) in [6.07, 6.45) is 0.665. The van der Waals surface area contributed by atoms with E-state index < -0.39 is 10.9 Å². The Labute approximate surface area is 179 Å². The molecule has 0 spiro atoms. The summed E-state index contributed by atoms with van der Waals surface area (Å²) in [4.78, 5) is 37.2. The zero-order valence-corrected chi connectivity index (χ0v) is 18.2. The number of para-hydroxylation sites is 1. The quantitative estimate of drug-likeness (QED) is 0.344. The number of Topliss-reactive ketones (excluding diaryl/α,β-unsaturated/α-hetero) is 1. The number of hydrogen-bond donors (Lipinski definition) is 0. The molecule has 0 bridgehead atoms. The SMILES string of the molecule is Cc1cc(C)cc(C(=O)OC2=C(Sc3ccccc3[N+](=O)[O-])C(=O)CC(C)(C)C2)c1. The Hall–Kier alpha value is -2.93. The van der Waals surface area contributed by atoms with Crippen molar-refractivity contribution >= 4 is 29.2 Å². The first kappa shape index (κ1) is 21.8. The van der Waals surface area contributed by atoms with E-state index in [1.165, 1.54) is 6.07 Å². The second kappa shape index (κ2) is 8.44. The standard InChI is InChI=1S/C23H23NO5S/c1-14-9-15(2)11-16(10-14)22(26)29-19-13-23(3,4)12-18(25)21(19)30-20-8-6-5-7-17(20)24(27)28/h5-11H,12-13H2,1-4H3. The third-order valence-corrected chi connectivity index (χ3v) is 5.96. The normalized spacial score (nSPS) is 15.8. The Kier molecular flexibility index (Phi) is 6.12. The molecule has 2 aromatic carbocycles. The van der Waals surface area contributed by atoms with Crippen LogP contribution < -0.4 is 0 Å². The maximum Gasteiger partial charge on any atom is 0.343 e. The number of hydrogen-bond acceptors (Lipinski definition) is 6. The number of carbonyl (C=O) groups is 2. The smallest absolute Gasteiger partial charge is 0.343 e. The molecular weight excluding hydrogens is 402 g/mol. The van der Waals surface area contributed by atoms with Crippen molar-refractivity contribution in [3.8, 4) is 0 Å². The van der Waals surface area contributed by atoms with E-state index in [1.54, 1.807) is 30.3 Å². The summed E-state index contributed by atoms with van der Waals surface area (Å²) in [5.41, 5.74) is 1.82. The Morgan fingerprint density at radius 2 is 1.73 bits per heavy atom. The zero-order chi connectivity index (χ0) is 22.1. The summed E-state index contributed by atoms with van der Waals surface area (Å²) in [6.45, 7) is 7.65. The van der Waals surface area contributed by atoms with Crippen LogP contribution in [0.25, 0.3) is 0 Å². The highest BCUT2D eigenvalue weighted by atomic mass is 32.2. The highest BCUT2D eigenvalue weighted by Gasteiger charge is 2.36. The lowest BCUT2D eigenvalue weighted by atomic mass is 9.79. The summed E-state index contributed by atoms with van der Waals surface area (Å²) in [5, 5.41) is 11.4. The van der Waals surface area contributed by atoms with E-state index in [-0.39, 0.29) is 34.0 Å². The number of allylic oxidation sites excluding steroid dienone is 2. The molecule has 6 nitrogen and oxygen atoms in total. The van der Waals surface area contributed by atoms with Gasteiger partial charge in [-0.05, 0) is 37.5 Å². The minimum Gasteiger partial charge on any atom is -0.426 e. The van der Waals surface area contributed by atoms with Crippen LogP contribution in [0.3, 0.4) is 0 Å². The molecule has 2 aromatic rings. The molecule has 0 unspecified atom stereocenters. The molecule has 1 aliphatic carbocycles. The Morgan fingerprint density at radius 1 is 1.10 bits per heavy atom. The van der Waals surface area contributed by atoms with Gasteiger partial charge >= 0.3 is 5.97 Å². The first-order valence-electron chi connectivity index (χ1n) is 9.54. The zero-order valence-electron chi connectivity index (χ0n) is 17.4. The van der Waals surface area contributed by atoms with Crippen LogP contribution in [0.4, 0.5) is 5.69 Å². The highest BCUT2D eigenvalue weighted by molar-refractivity contribution is 8.04. The van der Waals surface area contributed by atoms with E-state index in [0.717, 1.165) is 22.9 Å². The predicted molar refractivity (Wildman–Crippen MR) is 115 cm³/mol. The maximum absolute atomic E-state index is 12.9. The number of carbonyl (C=O) groups excluding carboxylic acids is 2. The lowest BCUT2D eigenvalue weighted by molar-refractivity contribution is -0.387. The van der Waals surface area contributed by atoms with Gasteiger partial charge in [0.25, 0.3) is 5.69 Å². The molecule has 30 heavy (non-hydrogen) atoms. The van der Waals surface area contributed by atoms with E-state index in [1.807, 2.05) is 33.8 Å². The fraction of sp³-hybridized carbons (Fsp3) is 0.304. The first-order valence-corrected chi connectivity index (χ1v) is 10.4. The van der Waals surface area contributed by atoms with E-state index in [2.05, 4.69) is 0 Å². The van der Waals surface area contributed by atoms with Crippen molar-refractivity contribution in [1.29, 1.82) is 0 Å². The number of nitro benzene ring substituents is 1. The summed E-state index contributed by atoms with van der Waals surface area (Å²) < 4.78 is 5.71. The van der Waals surface area contributed by atoms with Crippen LogP contribution in [0.5, 0.6) is 0 Å². The molecular formula is C23H23NO5S. The van der Waals surface area contributed by atoms with Crippen molar-refractivity contribution in [2.75, 3.05) is 0 Å². The monoisotopic (exact) mass is 425 g/mol. The maximum atomic E-state index is 12.9. The Balaban J connectivity index is 2.00. The van der Waals surface area contributed by atoms with Gasteiger partial charge in [-0.2, -0.15) is 0 Å². The van der Waals surface area contributed by atoms with Gasteiger partial charge in [0.2, 0.25) is 0 Å². The summed E-state index contributed by atoms with van der Waals surface area (Å²) in [5.74, 6) is -0.454. The third-order valence-electron chi connectivity index (χ3n) is 4.73. The number of benzene rings is 2. The van der Waals surface area contributed by atoms with Crippen LogP contribution in [0.15, 0.2) is 58.0 Å². The second-order valence-corrected chi connectivity index (χ2v) is 9.34. The molecule has 0 aromatic heterocycles. The van der Waals surface area contributed by atoms with E-state index >= 15 is 0 Å². The topological polar surface area (TPSA) is 86.5 Å². The minimum absolute atomic E-state index is 0.0902. The van der Waals surface area contributed by atoms with Gasteiger partial charge in [0.1, 0.15) is 5.76 Å². The van der Waals surface area contributed by atoms with E-state index in [4.69, 9.17) is 4.74 Å². The molecule has 0 atom stereocenters. The molecule has 0 amide bonds. The Morgan fingerprint density at radius 3 is 2.37 bits per heavy atom. The number of nitrogens with zero attached hydrogens (tertiary/aromatic N) is 1. The number of ether oxygens (including phenoxy) is 1. The van der Waals surface area contributed by atoms with Gasteiger partial charge in [-0.3, -0.25) is 14.9 Å². The lowest BCUT2D eigenvalue weighted by Crippen LogP contribution is -2.26. The van der Waals surface area contributed by atoms with Gasteiger partial charge in [-0.25, -0.2) is 4.79 Å². The van der Waals surface area contributed by atoms with Crippen LogP contribution in [0.1, 0.15) is 48.2 Å². The number of ketones is 1. The summed E-state index contributed by atoms with van der Waals surface area (Å²) in [7, 11) is 0. The van der Waals surface area contributed by atoms with E-state index in [9.17, 15) is 19.7 Å². The molecule has 0 aliphatic heterocycles. The van der Waals surface area contributed by atoms with Crippen molar-refractivity contribution in [1.82, 2.24) is 0 Å². The van der Waals surface area contributed by atoms with Crippen molar-refractivity contribution in [3.63, 3.8) is 0 Å².